The zero-order valence-electron chi connectivity index (χ0n) is 17.1. The van der Waals surface area contributed by atoms with Crippen LogP contribution in [0.25, 0.3) is 0 Å². The summed E-state index contributed by atoms with van der Waals surface area (Å²) in [6.45, 7) is 5.27. The molecule has 3 fully saturated rings. The van der Waals surface area contributed by atoms with Gasteiger partial charge in [0.2, 0.25) is 5.91 Å². The Balaban J connectivity index is 1.31. The van der Waals surface area contributed by atoms with E-state index in [1.807, 2.05) is 29.2 Å². The molecule has 1 spiro atoms. The molecule has 1 aromatic carbocycles. The normalized spacial score (nSPS) is 24.5. The minimum Gasteiger partial charge on any atom is -0.496 e. The fourth-order valence-corrected chi connectivity index (χ4v) is 4.73. The number of amides is 1. The van der Waals surface area contributed by atoms with E-state index in [-0.39, 0.29) is 18.0 Å². The Morgan fingerprint density at radius 1 is 1.17 bits per heavy atom. The number of benzene rings is 1. The van der Waals surface area contributed by atoms with Gasteiger partial charge in [0, 0.05) is 44.7 Å². The highest BCUT2D eigenvalue weighted by Crippen LogP contribution is 2.43. The maximum absolute atomic E-state index is 12.8. The minimum absolute atomic E-state index is 0.0450. The molecule has 0 aliphatic carbocycles. The van der Waals surface area contributed by atoms with E-state index < -0.39 is 5.41 Å². The molecule has 4 rings (SSSR count). The van der Waals surface area contributed by atoms with Crippen molar-refractivity contribution in [3.63, 3.8) is 0 Å². The molecule has 7 heteroatoms. The van der Waals surface area contributed by atoms with Crippen molar-refractivity contribution < 1.29 is 23.8 Å². The minimum atomic E-state index is -0.418. The van der Waals surface area contributed by atoms with Crippen molar-refractivity contribution in [3.05, 3.63) is 29.8 Å². The van der Waals surface area contributed by atoms with Crippen LogP contribution in [0.1, 0.15) is 24.8 Å². The lowest BCUT2D eigenvalue weighted by Crippen LogP contribution is -2.45. The van der Waals surface area contributed by atoms with Gasteiger partial charge in [-0.05, 0) is 18.9 Å². The number of carbonyl (C=O) groups excluding carboxylic acids is 2. The first-order valence-corrected chi connectivity index (χ1v) is 10.5. The Labute approximate surface area is 171 Å². The van der Waals surface area contributed by atoms with Gasteiger partial charge in [-0.3, -0.25) is 14.5 Å². The van der Waals surface area contributed by atoms with Gasteiger partial charge < -0.3 is 19.1 Å². The van der Waals surface area contributed by atoms with E-state index >= 15 is 0 Å². The Bertz CT molecular complexity index is 738. The topological polar surface area (TPSA) is 68.3 Å². The zero-order chi connectivity index (χ0) is 20.3. The van der Waals surface area contributed by atoms with Gasteiger partial charge in [-0.25, -0.2) is 0 Å². The number of ether oxygens (including phenoxy) is 3. The number of carbonyl (C=O) groups is 2. The average molecular weight is 402 g/mol. The molecule has 3 aliphatic rings. The van der Waals surface area contributed by atoms with Gasteiger partial charge in [0.15, 0.2) is 0 Å². The fourth-order valence-electron chi connectivity index (χ4n) is 4.73. The lowest BCUT2D eigenvalue weighted by molar-refractivity contribution is -0.153. The lowest BCUT2D eigenvalue weighted by Gasteiger charge is -2.36. The highest BCUT2D eigenvalue weighted by atomic mass is 16.6. The molecule has 0 N–H and O–H groups in total. The number of para-hydroxylation sites is 1. The van der Waals surface area contributed by atoms with E-state index in [4.69, 9.17) is 14.2 Å². The maximum Gasteiger partial charge on any atom is 0.312 e. The van der Waals surface area contributed by atoms with Crippen molar-refractivity contribution in [1.82, 2.24) is 9.80 Å². The van der Waals surface area contributed by atoms with Crippen LogP contribution < -0.4 is 4.74 Å². The second-order valence-electron chi connectivity index (χ2n) is 8.29. The molecule has 7 nitrogen and oxygen atoms in total. The summed E-state index contributed by atoms with van der Waals surface area (Å²) in [5.74, 6) is 0.743. The van der Waals surface area contributed by atoms with Crippen molar-refractivity contribution in [2.45, 2.75) is 31.8 Å². The predicted molar refractivity (Wildman–Crippen MR) is 107 cm³/mol. The second kappa shape index (κ2) is 8.71. The molecule has 1 aromatic rings. The summed E-state index contributed by atoms with van der Waals surface area (Å²) < 4.78 is 16.5. The molecule has 1 atom stereocenters. The average Bonchev–Trinajstić information content (AvgIpc) is 3.03. The summed E-state index contributed by atoms with van der Waals surface area (Å²) in [6.07, 6.45) is 2.40. The van der Waals surface area contributed by atoms with E-state index in [1.165, 1.54) is 0 Å². The number of morpholine rings is 1. The number of likely N-dealkylation sites (tertiary alicyclic amines) is 1. The first kappa shape index (κ1) is 20.2. The smallest absolute Gasteiger partial charge is 0.312 e. The number of methoxy groups -OCH3 is 1. The summed E-state index contributed by atoms with van der Waals surface area (Å²) in [5, 5.41) is 0. The van der Waals surface area contributed by atoms with Crippen LogP contribution in [0.15, 0.2) is 24.3 Å². The summed E-state index contributed by atoms with van der Waals surface area (Å²) in [7, 11) is 1.62. The van der Waals surface area contributed by atoms with Crippen molar-refractivity contribution in [2.24, 2.45) is 5.41 Å². The van der Waals surface area contributed by atoms with Crippen molar-refractivity contribution in [1.29, 1.82) is 0 Å². The van der Waals surface area contributed by atoms with Gasteiger partial charge in [0.1, 0.15) is 11.9 Å². The molecule has 29 heavy (non-hydrogen) atoms. The number of hydrogen-bond acceptors (Lipinski definition) is 6. The quantitative estimate of drug-likeness (QED) is 0.696. The lowest BCUT2D eigenvalue weighted by atomic mass is 9.76. The van der Waals surface area contributed by atoms with Crippen molar-refractivity contribution in [3.8, 4) is 5.75 Å². The molecular weight excluding hydrogens is 372 g/mol. The SMILES string of the molecule is COc1ccccc1CC(=O)N1CCC2(CC1)CC(CN1CCOCC1)OC2=O. The molecule has 3 aliphatic heterocycles. The number of esters is 1. The van der Waals surface area contributed by atoms with Crippen molar-refractivity contribution >= 4 is 11.9 Å². The summed E-state index contributed by atoms with van der Waals surface area (Å²) in [6, 6.07) is 7.61. The molecule has 0 bridgehead atoms. The number of rotatable bonds is 5. The molecule has 3 heterocycles. The number of piperidine rings is 1. The molecule has 3 saturated heterocycles. The summed E-state index contributed by atoms with van der Waals surface area (Å²) in [4.78, 5) is 29.6. The van der Waals surface area contributed by atoms with Gasteiger partial charge in [-0.15, -0.1) is 0 Å². The third kappa shape index (κ3) is 4.41. The third-order valence-electron chi connectivity index (χ3n) is 6.50. The molecule has 0 saturated carbocycles. The maximum atomic E-state index is 12.8. The largest absolute Gasteiger partial charge is 0.496 e. The van der Waals surface area contributed by atoms with Gasteiger partial charge >= 0.3 is 5.97 Å². The fraction of sp³-hybridized carbons (Fsp3) is 0.636. The Morgan fingerprint density at radius 3 is 2.62 bits per heavy atom. The van der Waals surface area contributed by atoms with E-state index in [9.17, 15) is 9.59 Å². The van der Waals surface area contributed by atoms with Gasteiger partial charge in [-0.2, -0.15) is 0 Å². The van der Waals surface area contributed by atoms with Crippen LogP contribution in [0.5, 0.6) is 5.75 Å². The molecule has 0 radical (unpaired) electrons. The van der Waals surface area contributed by atoms with Gasteiger partial charge in [0.25, 0.3) is 0 Å². The monoisotopic (exact) mass is 402 g/mol. The number of hydrogen-bond donors (Lipinski definition) is 0. The van der Waals surface area contributed by atoms with E-state index in [0.29, 0.717) is 32.4 Å². The van der Waals surface area contributed by atoms with Crippen LogP contribution in [0.2, 0.25) is 0 Å². The first-order chi connectivity index (χ1) is 14.1. The Kier molecular flexibility index (Phi) is 6.06. The Morgan fingerprint density at radius 2 is 1.90 bits per heavy atom. The second-order valence-corrected chi connectivity index (χ2v) is 8.29. The van der Waals surface area contributed by atoms with Crippen molar-refractivity contribution in [2.75, 3.05) is 53.0 Å². The van der Waals surface area contributed by atoms with Crippen LogP contribution in [-0.4, -0.2) is 80.8 Å². The first-order valence-electron chi connectivity index (χ1n) is 10.5. The molecular formula is C22H30N2O5. The predicted octanol–water partition coefficient (Wildman–Crippen LogP) is 1.49. The summed E-state index contributed by atoms with van der Waals surface area (Å²) >= 11 is 0. The molecule has 1 unspecified atom stereocenters. The van der Waals surface area contributed by atoms with Crippen LogP contribution in [-0.2, 0) is 25.5 Å². The van der Waals surface area contributed by atoms with Crippen LogP contribution >= 0.6 is 0 Å². The van der Waals surface area contributed by atoms with E-state index in [1.54, 1.807) is 7.11 Å². The van der Waals surface area contributed by atoms with E-state index in [0.717, 1.165) is 50.6 Å². The van der Waals surface area contributed by atoms with Crippen LogP contribution in [0, 0.1) is 5.41 Å². The molecule has 158 valence electrons. The van der Waals surface area contributed by atoms with E-state index in [2.05, 4.69) is 4.90 Å². The molecule has 0 aromatic heterocycles. The number of nitrogens with zero attached hydrogens (tertiary/aromatic N) is 2. The third-order valence-corrected chi connectivity index (χ3v) is 6.50. The van der Waals surface area contributed by atoms with Crippen LogP contribution in [0.4, 0.5) is 0 Å². The highest BCUT2D eigenvalue weighted by Gasteiger charge is 2.51. The van der Waals surface area contributed by atoms with Gasteiger partial charge in [-0.1, -0.05) is 18.2 Å². The molecule has 1 amide bonds. The summed E-state index contributed by atoms with van der Waals surface area (Å²) in [5.41, 5.74) is 0.476. The standard InChI is InChI=1S/C22H30N2O5/c1-27-19-5-3-2-4-17(19)14-20(25)24-8-6-22(7-9-24)15-18(29-21(22)26)16-23-10-12-28-13-11-23/h2-5,18H,6-16H2,1H3. The number of cyclic esters (lactones) is 1. The van der Waals surface area contributed by atoms with Gasteiger partial charge in [0.05, 0.1) is 32.2 Å². The zero-order valence-corrected chi connectivity index (χ0v) is 17.1. The van der Waals surface area contributed by atoms with Crippen LogP contribution in [0.3, 0.4) is 0 Å². The Hall–Kier alpha value is -2.12. The highest BCUT2D eigenvalue weighted by molar-refractivity contribution is 5.82.